The zero-order chi connectivity index (χ0) is 18.9. The van der Waals surface area contributed by atoms with E-state index in [-0.39, 0.29) is 16.9 Å². The van der Waals surface area contributed by atoms with Crippen LogP contribution in [0.1, 0.15) is 82.5 Å². The van der Waals surface area contributed by atoms with Gasteiger partial charge in [0.2, 0.25) is 0 Å². The molecule has 3 rings (SSSR count). The molecule has 0 aliphatic heterocycles. The first-order chi connectivity index (χ1) is 12.2. The highest BCUT2D eigenvalue weighted by atomic mass is 15.0. The van der Waals surface area contributed by atoms with E-state index in [0.29, 0.717) is 0 Å². The van der Waals surface area contributed by atoms with Crippen LogP contribution >= 0.6 is 0 Å². The number of rotatable bonds is 4. The summed E-state index contributed by atoms with van der Waals surface area (Å²) in [5.74, 6) is 1.82. The van der Waals surface area contributed by atoms with Crippen molar-refractivity contribution in [1.29, 1.82) is 0 Å². The first-order valence-corrected chi connectivity index (χ1v) is 9.57. The molecule has 140 valence electrons. The molecular weight excluding hydrogens is 322 g/mol. The van der Waals surface area contributed by atoms with Crippen molar-refractivity contribution >= 4 is 0 Å². The fraction of sp³-hybridized carbons (Fsp3) is 0.619. The number of nitrogens with one attached hydrogen (secondary N) is 1. The fourth-order valence-corrected chi connectivity index (χ4v) is 3.49. The molecule has 2 aromatic rings. The molecule has 5 heteroatoms. The second-order valence-electron chi connectivity index (χ2n) is 9.19. The average molecular weight is 354 g/mol. The summed E-state index contributed by atoms with van der Waals surface area (Å²) in [5, 5.41) is 3.69. The fourth-order valence-electron chi connectivity index (χ4n) is 3.49. The maximum Gasteiger partial charge on any atom is 0.133 e. The Bertz CT molecular complexity index is 759. The van der Waals surface area contributed by atoms with E-state index in [0.717, 1.165) is 43.0 Å². The molecule has 0 amide bonds. The third-order valence-electron chi connectivity index (χ3n) is 4.98. The van der Waals surface area contributed by atoms with E-state index in [1.807, 2.05) is 18.6 Å². The van der Waals surface area contributed by atoms with Crippen LogP contribution in [0, 0.1) is 5.41 Å². The molecule has 0 bridgehead atoms. The summed E-state index contributed by atoms with van der Waals surface area (Å²) >= 11 is 0. The maximum atomic E-state index is 4.93. The van der Waals surface area contributed by atoms with E-state index in [4.69, 9.17) is 4.98 Å². The molecule has 2 aromatic heterocycles. The van der Waals surface area contributed by atoms with Crippen LogP contribution in [0.15, 0.2) is 18.6 Å². The SMILES string of the molecule is CCc1ncc(CN[C@H]2CC(C)(C)Cc3nc(C(C)(C)C)ncc32)cn1. The normalized spacial score (nSPS) is 19.2. The number of hydrogen-bond donors (Lipinski definition) is 1. The monoisotopic (exact) mass is 353 g/mol. The topological polar surface area (TPSA) is 63.6 Å². The van der Waals surface area contributed by atoms with Gasteiger partial charge in [0, 0.05) is 59.8 Å². The lowest BCUT2D eigenvalue weighted by atomic mass is 9.74. The zero-order valence-electron chi connectivity index (χ0n) is 16.9. The predicted molar refractivity (Wildman–Crippen MR) is 104 cm³/mol. The molecule has 0 saturated carbocycles. The minimum atomic E-state index is -0.0299. The third-order valence-corrected chi connectivity index (χ3v) is 4.98. The van der Waals surface area contributed by atoms with Crippen LogP contribution in [0.4, 0.5) is 0 Å². The molecule has 1 aliphatic rings. The van der Waals surface area contributed by atoms with Crippen molar-refractivity contribution < 1.29 is 0 Å². The Balaban J connectivity index is 1.81. The molecule has 1 aliphatic carbocycles. The van der Waals surface area contributed by atoms with E-state index in [9.17, 15) is 0 Å². The Morgan fingerprint density at radius 3 is 2.42 bits per heavy atom. The summed E-state index contributed by atoms with van der Waals surface area (Å²) in [4.78, 5) is 18.4. The molecule has 5 nitrogen and oxygen atoms in total. The van der Waals surface area contributed by atoms with Gasteiger partial charge in [-0.3, -0.25) is 0 Å². The van der Waals surface area contributed by atoms with E-state index < -0.39 is 0 Å². The van der Waals surface area contributed by atoms with Crippen molar-refractivity contribution in [3.63, 3.8) is 0 Å². The van der Waals surface area contributed by atoms with Gasteiger partial charge >= 0.3 is 0 Å². The summed E-state index contributed by atoms with van der Waals surface area (Å²) in [6.45, 7) is 14.0. The van der Waals surface area contributed by atoms with Crippen LogP contribution in [-0.4, -0.2) is 19.9 Å². The average Bonchev–Trinajstić information content (AvgIpc) is 2.58. The van der Waals surface area contributed by atoms with Crippen molar-refractivity contribution in [2.24, 2.45) is 5.41 Å². The second kappa shape index (κ2) is 7.03. The summed E-state index contributed by atoms with van der Waals surface area (Å²) in [6.07, 6.45) is 8.82. The van der Waals surface area contributed by atoms with Gasteiger partial charge in [0.05, 0.1) is 0 Å². The second-order valence-corrected chi connectivity index (χ2v) is 9.19. The lowest BCUT2D eigenvalue weighted by molar-refractivity contribution is 0.251. The van der Waals surface area contributed by atoms with Crippen LogP contribution in [-0.2, 0) is 24.8 Å². The van der Waals surface area contributed by atoms with E-state index in [1.165, 1.54) is 11.3 Å². The van der Waals surface area contributed by atoms with Gasteiger partial charge in [-0.25, -0.2) is 19.9 Å². The smallest absolute Gasteiger partial charge is 0.133 e. The number of aromatic nitrogens is 4. The highest BCUT2D eigenvalue weighted by Gasteiger charge is 2.34. The summed E-state index contributed by atoms with van der Waals surface area (Å²) < 4.78 is 0. The standard InChI is InChI=1S/C21H31N5/c1-7-18-23-11-14(12-24-18)10-22-16-8-21(5,6)9-17-15(16)13-25-19(26-17)20(2,3)4/h11-13,16,22H,7-10H2,1-6H3/t16-/m0/s1. The highest BCUT2D eigenvalue weighted by Crippen LogP contribution is 2.40. The number of aryl methyl sites for hydroxylation is 1. The Morgan fingerprint density at radius 1 is 1.12 bits per heavy atom. The van der Waals surface area contributed by atoms with Gasteiger partial charge in [-0.15, -0.1) is 0 Å². The molecule has 2 heterocycles. The van der Waals surface area contributed by atoms with E-state index >= 15 is 0 Å². The Labute approximate surface area is 157 Å². The van der Waals surface area contributed by atoms with Gasteiger partial charge < -0.3 is 5.32 Å². The summed E-state index contributed by atoms with van der Waals surface area (Å²) in [7, 11) is 0. The van der Waals surface area contributed by atoms with Crippen LogP contribution in [0.25, 0.3) is 0 Å². The molecular formula is C21H31N5. The Kier molecular flexibility index (Phi) is 5.11. The molecule has 1 atom stereocenters. The van der Waals surface area contributed by atoms with Gasteiger partial charge in [-0.05, 0) is 18.3 Å². The molecule has 1 N–H and O–H groups in total. The van der Waals surface area contributed by atoms with Gasteiger partial charge in [0.25, 0.3) is 0 Å². The Hall–Kier alpha value is -1.88. The van der Waals surface area contributed by atoms with Crippen LogP contribution in [0.2, 0.25) is 0 Å². The summed E-state index contributed by atoms with van der Waals surface area (Å²) in [6, 6.07) is 0.258. The van der Waals surface area contributed by atoms with E-state index in [2.05, 4.69) is 61.8 Å². The quantitative estimate of drug-likeness (QED) is 0.902. The molecule has 0 unspecified atom stereocenters. The Morgan fingerprint density at radius 2 is 1.81 bits per heavy atom. The van der Waals surface area contributed by atoms with Gasteiger partial charge in [-0.1, -0.05) is 41.5 Å². The van der Waals surface area contributed by atoms with Crippen LogP contribution in [0.3, 0.4) is 0 Å². The lowest BCUT2D eigenvalue weighted by Crippen LogP contribution is -2.35. The largest absolute Gasteiger partial charge is 0.306 e. The van der Waals surface area contributed by atoms with Gasteiger partial charge in [0.1, 0.15) is 11.6 Å². The molecule has 26 heavy (non-hydrogen) atoms. The minimum Gasteiger partial charge on any atom is -0.306 e. The molecule has 0 fully saturated rings. The molecule has 0 spiro atoms. The molecule has 0 saturated heterocycles. The first-order valence-electron chi connectivity index (χ1n) is 9.57. The van der Waals surface area contributed by atoms with Crippen LogP contribution in [0.5, 0.6) is 0 Å². The van der Waals surface area contributed by atoms with Gasteiger partial charge in [0.15, 0.2) is 0 Å². The van der Waals surface area contributed by atoms with E-state index in [1.54, 1.807) is 0 Å². The van der Waals surface area contributed by atoms with Crippen molar-refractivity contribution in [3.8, 4) is 0 Å². The van der Waals surface area contributed by atoms with Crippen LogP contribution < -0.4 is 5.32 Å². The van der Waals surface area contributed by atoms with Crippen molar-refractivity contribution in [1.82, 2.24) is 25.3 Å². The zero-order valence-corrected chi connectivity index (χ0v) is 16.9. The number of hydrogen-bond acceptors (Lipinski definition) is 5. The summed E-state index contributed by atoms with van der Waals surface area (Å²) in [5.41, 5.74) is 3.73. The van der Waals surface area contributed by atoms with Gasteiger partial charge in [-0.2, -0.15) is 0 Å². The third kappa shape index (κ3) is 4.26. The number of fused-ring (bicyclic) bond motifs is 1. The maximum absolute atomic E-state index is 4.93. The lowest BCUT2D eigenvalue weighted by Gasteiger charge is -2.37. The van der Waals surface area contributed by atoms with Crippen molar-refractivity contribution in [3.05, 3.63) is 47.1 Å². The highest BCUT2D eigenvalue weighted by molar-refractivity contribution is 5.28. The first kappa shape index (κ1) is 18.9. The van der Waals surface area contributed by atoms with Crippen molar-refractivity contribution in [2.75, 3.05) is 0 Å². The minimum absolute atomic E-state index is 0.0299. The molecule has 0 aromatic carbocycles. The van der Waals surface area contributed by atoms with Crippen molar-refractivity contribution in [2.45, 2.75) is 78.8 Å². The predicted octanol–water partition coefficient (Wildman–Crippen LogP) is 3.93. The number of nitrogens with zero attached hydrogens (tertiary/aromatic N) is 4. The molecule has 0 radical (unpaired) electrons.